The number of benzene rings is 2. The van der Waals surface area contributed by atoms with E-state index in [0.717, 1.165) is 81.8 Å². The van der Waals surface area contributed by atoms with Gasteiger partial charge in [0.05, 0.1) is 0 Å². The van der Waals surface area contributed by atoms with Crippen molar-refractivity contribution >= 4 is 56.9 Å². The van der Waals surface area contributed by atoms with Crippen molar-refractivity contribution in [2.24, 2.45) is 11.8 Å². The topological polar surface area (TPSA) is 84.2 Å². The summed E-state index contributed by atoms with van der Waals surface area (Å²) in [6.07, 6.45) is 4.65. The van der Waals surface area contributed by atoms with Crippen LogP contribution in [0.3, 0.4) is 0 Å². The number of nitrogens with one attached hydrogen (secondary N) is 2. The Kier molecular flexibility index (Phi) is 7.14. The van der Waals surface area contributed by atoms with Crippen LogP contribution in [0.5, 0.6) is 0 Å². The van der Waals surface area contributed by atoms with E-state index in [0.29, 0.717) is 0 Å². The van der Waals surface area contributed by atoms with Crippen molar-refractivity contribution in [2.75, 3.05) is 0 Å². The second-order valence-electron chi connectivity index (χ2n) is 12.8. The van der Waals surface area contributed by atoms with Crippen LogP contribution < -0.4 is 0 Å². The number of aromatic nitrogens is 2. The number of carbonyl (C=O) groups is 2. The predicted octanol–water partition coefficient (Wildman–Crippen LogP) is 7.90. The zero-order valence-electron chi connectivity index (χ0n) is 24.0. The maximum absolute atomic E-state index is 12.9. The predicted molar refractivity (Wildman–Crippen MR) is 163 cm³/mol. The number of fused-ring (bicyclic) bond motifs is 6. The number of halogens is 2. The molecule has 0 saturated heterocycles. The third kappa shape index (κ3) is 5.49. The second kappa shape index (κ2) is 10.4. The van der Waals surface area contributed by atoms with Crippen molar-refractivity contribution < 1.29 is 19.1 Å². The first-order valence-electron chi connectivity index (χ1n) is 14.4. The Hall–Kier alpha value is -2.96. The average molecular weight is 596 g/mol. The van der Waals surface area contributed by atoms with Gasteiger partial charge in [-0.2, -0.15) is 0 Å². The van der Waals surface area contributed by atoms with Crippen LogP contribution in [-0.2, 0) is 44.7 Å². The summed E-state index contributed by atoms with van der Waals surface area (Å²) in [5.74, 6) is -0.859. The molecule has 6 nitrogen and oxygen atoms in total. The molecule has 0 saturated carbocycles. The van der Waals surface area contributed by atoms with Gasteiger partial charge in [0, 0.05) is 55.1 Å². The van der Waals surface area contributed by atoms with E-state index in [1.54, 1.807) is 0 Å². The van der Waals surface area contributed by atoms with Gasteiger partial charge < -0.3 is 19.4 Å². The van der Waals surface area contributed by atoms with Crippen LogP contribution in [0, 0.1) is 11.8 Å². The lowest BCUT2D eigenvalue weighted by Gasteiger charge is -2.37. The lowest BCUT2D eigenvalue weighted by Crippen LogP contribution is -2.42. The molecule has 2 heterocycles. The van der Waals surface area contributed by atoms with E-state index in [-0.39, 0.29) is 11.8 Å². The van der Waals surface area contributed by atoms with Gasteiger partial charge in [-0.15, -0.1) is 0 Å². The fourth-order valence-corrected chi connectivity index (χ4v) is 7.28. The average Bonchev–Trinajstić information content (AvgIpc) is 3.44. The molecule has 2 N–H and O–H groups in total. The van der Waals surface area contributed by atoms with Gasteiger partial charge in [-0.25, -0.2) is 0 Å². The normalized spacial score (nSPS) is 19.2. The van der Waals surface area contributed by atoms with E-state index in [2.05, 4.69) is 9.97 Å². The lowest BCUT2D eigenvalue weighted by molar-refractivity contribution is -0.174. The molecule has 2 unspecified atom stereocenters. The molecule has 0 fully saturated rings. The van der Waals surface area contributed by atoms with Crippen LogP contribution in [0.1, 0.15) is 69.5 Å². The Bertz CT molecular complexity index is 1540. The van der Waals surface area contributed by atoms with Crippen molar-refractivity contribution in [1.82, 2.24) is 9.97 Å². The van der Waals surface area contributed by atoms with Gasteiger partial charge in [0.2, 0.25) is 0 Å². The third-order valence-electron chi connectivity index (χ3n) is 9.31. The van der Waals surface area contributed by atoms with Crippen LogP contribution in [0.25, 0.3) is 21.8 Å². The Morgan fingerprint density at radius 2 is 1.17 bits per heavy atom. The van der Waals surface area contributed by atoms with Crippen LogP contribution in [0.2, 0.25) is 10.0 Å². The molecule has 8 heteroatoms. The van der Waals surface area contributed by atoms with Crippen molar-refractivity contribution in [2.45, 2.75) is 83.8 Å². The molecule has 2 aliphatic rings. The molecule has 6 rings (SSSR count). The maximum Gasteiger partial charge on any atom is 0.317 e. The van der Waals surface area contributed by atoms with Gasteiger partial charge in [-0.3, -0.25) is 9.59 Å². The third-order valence-corrected chi connectivity index (χ3v) is 9.78. The van der Waals surface area contributed by atoms with Gasteiger partial charge in [0.1, 0.15) is 17.6 Å². The number of H-pyrrole nitrogens is 2. The summed E-state index contributed by atoms with van der Waals surface area (Å²) in [5.41, 5.74) is 5.60. The quantitative estimate of drug-likeness (QED) is 0.175. The Morgan fingerprint density at radius 1 is 0.756 bits per heavy atom. The Morgan fingerprint density at radius 3 is 1.59 bits per heavy atom. The van der Waals surface area contributed by atoms with E-state index in [9.17, 15) is 9.59 Å². The van der Waals surface area contributed by atoms with Gasteiger partial charge >= 0.3 is 11.9 Å². The maximum atomic E-state index is 12.9. The van der Waals surface area contributed by atoms with Crippen molar-refractivity contribution in [3.63, 3.8) is 0 Å². The highest BCUT2D eigenvalue weighted by Gasteiger charge is 2.39. The monoisotopic (exact) mass is 594 g/mol. The van der Waals surface area contributed by atoms with Gasteiger partial charge in [-0.1, -0.05) is 23.2 Å². The number of carbonyl (C=O) groups excluding carboxylic acids is 2. The fourth-order valence-electron chi connectivity index (χ4n) is 6.94. The van der Waals surface area contributed by atoms with E-state index < -0.39 is 29.6 Å². The van der Waals surface area contributed by atoms with Crippen molar-refractivity contribution in [1.29, 1.82) is 0 Å². The number of rotatable bonds is 6. The SMILES string of the molecule is CC(C)(OC(=O)CC(=O)OC(C)(C)C1CCc2c([nH]c3ccc(Cl)cc23)C1)C1CCc2c([nH]c3ccc(Cl)cc23)C1. The molecule has 0 amide bonds. The Labute approximate surface area is 250 Å². The number of hydrogen-bond acceptors (Lipinski definition) is 4. The molecule has 216 valence electrons. The first kappa shape index (κ1) is 28.2. The van der Waals surface area contributed by atoms with Crippen LogP contribution in [0.4, 0.5) is 0 Å². The standard InChI is InChI=1S/C33H36Cl2N2O4/c1-32(2,18-5-9-22-24-15-20(34)7-11-26(24)36-28(22)13-18)40-30(38)17-31(39)41-33(3,4)19-6-10-23-25-16-21(35)8-12-27(25)37-29(23)14-19/h7-8,11-12,15-16,18-19,36-37H,5-6,9-10,13-14,17H2,1-4H3. The summed E-state index contributed by atoms with van der Waals surface area (Å²) in [4.78, 5) is 32.9. The minimum absolute atomic E-state index is 0.123. The van der Waals surface area contributed by atoms with E-state index in [4.69, 9.17) is 32.7 Å². The minimum Gasteiger partial charge on any atom is -0.459 e. The number of aromatic amines is 2. The highest BCUT2D eigenvalue weighted by atomic mass is 35.5. The fraction of sp³-hybridized carbons (Fsp3) is 0.455. The zero-order valence-corrected chi connectivity index (χ0v) is 25.5. The van der Waals surface area contributed by atoms with E-state index in [1.807, 2.05) is 64.1 Å². The number of aryl methyl sites for hydroxylation is 2. The van der Waals surface area contributed by atoms with Crippen LogP contribution in [0.15, 0.2) is 36.4 Å². The first-order chi connectivity index (χ1) is 19.4. The molecule has 2 aromatic carbocycles. The van der Waals surface area contributed by atoms with E-state index in [1.165, 1.54) is 11.1 Å². The molecule has 0 spiro atoms. The molecule has 2 atom stereocenters. The lowest BCUT2D eigenvalue weighted by atomic mass is 9.77. The molecule has 41 heavy (non-hydrogen) atoms. The van der Waals surface area contributed by atoms with Crippen LogP contribution in [-0.4, -0.2) is 33.1 Å². The smallest absolute Gasteiger partial charge is 0.317 e. The number of hydrogen-bond donors (Lipinski definition) is 2. The summed E-state index contributed by atoms with van der Waals surface area (Å²) in [7, 11) is 0. The number of ether oxygens (including phenoxy) is 2. The van der Waals surface area contributed by atoms with Gasteiger partial charge in [-0.05, 0) is 114 Å². The minimum atomic E-state index is -0.724. The first-order valence-corrected chi connectivity index (χ1v) is 15.2. The zero-order chi connectivity index (χ0) is 29.1. The highest BCUT2D eigenvalue weighted by Crippen LogP contribution is 2.40. The molecular formula is C33H36Cl2N2O4. The summed E-state index contributed by atoms with van der Waals surface area (Å²) in [5, 5.41) is 3.77. The van der Waals surface area contributed by atoms with Crippen molar-refractivity contribution in [3.05, 3.63) is 69.0 Å². The molecule has 0 aliphatic heterocycles. The van der Waals surface area contributed by atoms with Crippen molar-refractivity contribution in [3.8, 4) is 0 Å². The largest absolute Gasteiger partial charge is 0.459 e. The second-order valence-corrected chi connectivity index (χ2v) is 13.6. The van der Waals surface area contributed by atoms with Gasteiger partial charge in [0.15, 0.2) is 0 Å². The summed E-state index contributed by atoms with van der Waals surface area (Å²) < 4.78 is 11.8. The van der Waals surface area contributed by atoms with Crippen LogP contribution >= 0.6 is 23.2 Å². The molecule has 2 aromatic heterocycles. The number of esters is 2. The van der Waals surface area contributed by atoms with Gasteiger partial charge in [0.25, 0.3) is 0 Å². The molecule has 4 aromatic rings. The molecule has 0 bridgehead atoms. The molecule has 0 radical (unpaired) electrons. The molecular weight excluding hydrogens is 559 g/mol. The molecule has 2 aliphatic carbocycles. The summed E-state index contributed by atoms with van der Waals surface area (Å²) >= 11 is 12.5. The Balaban J connectivity index is 1.06. The highest BCUT2D eigenvalue weighted by molar-refractivity contribution is 6.31. The summed E-state index contributed by atoms with van der Waals surface area (Å²) in [6.45, 7) is 7.73. The summed E-state index contributed by atoms with van der Waals surface area (Å²) in [6, 6.07) is 11.8. The van der Waals surface area contributed by atoms with E-state index >= 15 is 0 Å².